The second-order valence-electron chi connectivity index (χ2n) is 4.42. The Labute approximate surface area is 109 Å². The summed E-state index contributed by atoms with van der Waals surface area (Å²) >= 11 is 3.46. The second-order valence-corrected chi connectivity index (χ2v) is 5.33. The Morgan fingerprint density at radius 2 is 2.41 bits per heavy atom. The van der Waals surface area contributed by atoms with Gasteiger partial charge in [0.15, 0.2) is 0 Å². The Bertz CT molecular complexity index is 516. The number of halogens is 1. The third kappa shape index (κ3) is 2.51. The van der Waals surface area contributed by atoms with Crippen LogP contribution in [-0.4, -0.2) is 28.5 Å². The van der Waals surface area contributed by atoms with Gasteiger partial charge < -0.3 is 15.0 Å². The van der Waals surface area contributed by atoms with Gasteiger partial charge in [-0.1, -0.05) is 0 Å². The van der Waals surface area contributed by atoms with Gasteiger partial charge in [-0.15, -0.1) is 0 Å². The summed E-state index contributed by atoms with van der Waals surface area (Å²) in [5, 5.41) is 6.87. The van der Waals surface area contributed by atoms with Crippen LogP contribution in [0.3, 0.4) is 0 Å². The lowest BCUT2D eigenvalue weighted by molar-refractivity contribution is 0.543. The highest BCUT2D eigenvalue weighted by Gasteiger charge is 2.13. The Morgan fingerprint density at radius 1 is 1.47 bits per heavy atom. The van der Waals surface area contributed by atoms with Crippen LogP contribution in [0, 0.1) is 0 Å². The summed E-state index contributed by atoms with van der Waals surface area (Å²) in [4.78, 5) is 4.57. The van der Waals surface area contributed by atoms with Crippen molar-refractivity contribution in [3.63, 3.8) is 0 Å². The Balaban J connectivity index is 1.72. The standard InChI is InChI=1S/C12H15BrN4/c13-9-1-2-12-16-11(8-17(12)7-9)6-15-10-3-4-14-5-10/h1-2,7-8,10,14-15H,3-6H2. The van der Waals surface area contributed by atoms with Gasteiger partial charge in [0.05, 0.1) is 5.69 Å². The predicted octanol–water partition coefficient (Wildman–Crippen LogP) is 1.55. The number of nitrogens with zero attached hydrogens (tertiary/aromatic N) is 2. The van der Waals surface area contributed by atoms with Gasteiger partial charge in [-0.25, -0.2) is 4.98 Å². The molecule has 0 spiro atoms. The zero-order valence-electron chi connectivity index (χ0n) is 9.49. The number of hydrogen-bond donors (Lipinski definition) is 2. The summed E-state index contributed by atoms with van der Waals surface area (Å²) in [6.07, 6.45) is 5.32. The van der Waals surface area contributed by atoms with E-state index in [0.29, 0.717) is 6.04 Å². The average molecular weight is 295 g/mol. The Kier molecular flexibility index (Phi) is 3.13. The van der Waals surface area contributed by atoms with E-state index >= 15 is 0 Å². The minimum absolute atomic E-state index is 0.589. The van der Waals surface area contributed by atoms with Gasteiger partial charge in [0, 0.05) is 36.0 Å². The highest BCUT2D eigenvalue weighted by Crippen LogP contribution is 2.12. The molecule has 2 aromatic heterocycles. The largest absolute Gasteiger partial charge is 0.315 e. The molecule has 0 aliphatic carbocycles. The van der Waals surface area contributed by atoms with Crippen LogP contribution >= 0.6 is 15.9 Å². The van der Waals surface area contributed by atoms with Crippen LogP contribution < -0.4 is 10.6 Å². The molecule has 0 radical (unpaired) electrons. The van der Waals surface area contributed by atoms with Crippen molar-refractivity contribution in [2.24, 2.45) is 0 Å². The van der Waals surface area contributed by atoms with E-state index in [1.807, 2.05) is 22.7 Å². The Morgan fingerprint density at radius 3 is 3.24 bits per heavy atom. The van der Waals surface area contributed by atoms with Gasteiger partial charge in [-0.2, -0.15) is 0 Å². The SMILES string of the molecule is Brc1ccc2nc(CNC3CCNC3)cn2c1. The summed E-state index contributed by atoms with van der Waals surface area (Å²) in [5.74, 6) is 0. The second kappa shape index (κ2) is 4.76. The van der Waals surface area contributed by atoms with Crippen LogP contribution in [0.15, 0.2) is 29.0 Å². The maximum Gasteiger partial charge on any atom is 0.137 e. The first-order valence-electron chi connectivity index (χ1n) is 5.88. The van der Waals surface area contributed by atoms with Crippen LogP contribution in [0.25, 0.3) is 5.65 Å². The number of hydrogen-bond acceptors (Lipinski definition) is 3. The van der Waals surface area contributed by atoms with Crippen molar-refractivity contribution in [3.05, 3.63) is 34.7 Å². The molecule has 3 rings (SSSR count). The predicted molar refractivity (Wildman–Crippen MR) is 71.0 cm³/mol. The summed E-state index contributed by atoms with van der Waals surface area (Å²) in [6, 6.07) is 4.62. The van der Waals surface area contributed by atoms with Crippen LogP contribution in [0.5, 0.6) is 0 Å². The molecular formula is C12H15BrN4. The molecule has 1 aliphatic rings. The summed E-state index contributed by atoms with van der Waals surface area (Å²) in [6.45, 7) is 3.03. The molecule has 90 valence electrons. The van der Waals surface area contributed by atoms with Gasteiger partial charge in [-0.05, 0) is 41.0 Å². The number of fused-ring (bicyclic) bond motifs is 1. The van der Waals surface area contributed by atoms with Gasteiger partial charge in [-0.3, -0.25) is 0 Å². The highest BCUT2D eigenvalue weighted by atomic mass is 79.9. The molecule has 4 nitrogen and oxygen atoms in total. The number of rotatable bonds is 3. The quantitative estimate of drug-likeness (QED) is 0.902. The molecule has 1 fully saturated rings. The molecule has 5 heteroatoms. The molecule has 2 aromatic rings. The van der Waals surface area contributed by atoms with E-state index in [9.17, 15) is 0 Å². The maximum absolute atomic E-state index is 4.57. The van der Waals surface area contributed by atoms with E-state index in [0.717, 1.165) is 35.4 Å². The fourth-order valence-electron chi connectivity index (χ4n) is 2.18. The van der Waals surface area contributed by atoms with E-state index < -0.39 is 0 Å². The first-order chi connectivity index (χ1) is 8.31. The Hall–Kier alpha value is -0.910. The van der Waals surface area contributed by atoms with E-state index in [1.165, 1.54) is 6.42 Å². The monoisotopic (exact) mass is 294 g/mol. The lowest BCUT2D eigenvalue weighted by Crippen LogP contribution is -2.30. The fourth-order valence-corrected chi connectivity index (χ4v) is 2.53. The van der Waals surface area contributed by atoms with Crippen molar-refractivity contribution in [1.29, 1.82) is 0 Å². The smallest absolute Gasteiger partial charge is 0.137 e. The van der Waals surface area contributed by atoms with E-state index in [2.05, 4.69) is 37.7 Å². The van der Waals surface area contributed by atoms with Crippen molar-refractivity contribution in [2.75, 3.05) is 13.1 Å². The molecule has 0 amide bonds. The topological polar surface area (TPSA) is 41.4 Å². The molecule has 2 N–H and O–H groups in total. The number of imidazole rings is 1. The molecule has 1 atom stereocenters. The molecule has 17 heavy (non-hydrogen) atoms. The molecular weight excluding hydrogens is 280 g/mol. The number of nitrogens with one attached hydrogen (secondary N) is 2. The van der Waals surface area contributed by atoms with Gasteiger partial charge in [0.1, 0.15) is 5.65 Å². The third-order valence-corrected chi connectivity index (χ3v) is 3.57. The van der Waals surface area contributed by atoms with Crippen molar-refractivity contribution >= 4 is 21.6 Å². The van der Waals surface area contributed by atoms with Crippen molar-refractivity contribution in [3.8, 4) is 0 Å². The van der Waals surface area contributed by atoms with Crippen molar-refractivity contribution in [2.45, 2.75) is 19.0 Å². The molecule has 0 aromatic carbocycles. The summed E-state index contributed by atoms with van der Waals surface area (Å²) < 4.78 is 3.12. The summed E-state index contributed by atoms with van der Waals surface area (Å²) in [7, 11) is 0. The fraction of sp³-hybridized carbons (Fsp3) is 0.417. The molecule has 3 heterocycles. The minimum atomic E-state index is 0.589. The molecule has 1 aliphatic heterocycles. The summed E-state index contributed by atoms with van der Waals surface area (Å²) in [5.41, 5.74) is 2.09. The third-order valence-electron chi connectivity index (χ3n) is 3.10. The van der Waals surface area contributed by atoms with Gasteiger partial charge in [0.25, 0.3) is 0 Å². The normalized spacial score (nSPS) is 20.2. The lowest BCUT2D eigenvalue weighted by atomic mass is 10.2. The number of pyridine rings is 1. The zero-order valence-corrected chi connectivity index (χ0v) is 11.1. The van der Waals surface area contributed by atoms with E-state index in [4.69, 9.17) is 0 Å². The highest BCUT2D eigenvalue weighted by molar-refractivity contribution is 9.10. The lowest BCUT2D eigenvalue weighted by Gasteiger charge is -2.08. The zero-order chi connectivity index (χ0) is 11.7. The first-order valence-corrected chi connectivity index (χ1v) is 6.68. The molecule has 1 saturated heterocycles. The first kappa shape index (κ1) is 11.2. The van der Waals surface area contributed by atoms with E-state index in [-0.39, 0.29) is 0 Å². The molecule has 1 unspecified atom stereocenters. The minimum Gasteiger partial charge on any atom is -0.315 e. The van der Waals surface area contributed by atoms with Crippen molar-refractivity contribution in [1.82, 2.24) is 20.0 Å². The van der Waals surface area contributed by atoms with E-state index in [1.54, 1.807) is 0 Å². The van der Waals surface area contributed by atoms with Gasteiger partial charge >= 0.3 is 0 Å². The maximum atomic E-state index is 4.57. The van der Waals surface area contributed by atoms with Crippen LogP contribution in [0.1, 0.15) is 12.1 Å². The van der Waals surface area contributed by atoms with Gasteiger partial charge in [0.2, 0.25) is 0 Å². The van der Waals surface area contributed by atoms with Crippen LogP contribution in [-0.2, 0) is 6.54 Å². The van der Waals surface area contributed by atoms with Crippen LogP contribution in [0.4, 0.5) is 0 Å². The van der Waals surface area contributed by atoms with Crippen LogP contribution in [0.2, 0.25) is 0 Å². The molecule has 0 bridgehead atoms. The number of aromatic nitrogens is 2. The van der Waals surface area contributed by atoms with Crippen molar-refractivity contribution < 1.29 is 0 Å². The molecule has 0 saturated carbocycles. The average Bonchev–Trinajstić information content (AvgIpc) is 2.94.